The summed E-state index contributed by atoms with van der Waals surface area (Å²) >= 11 is 0. The van der Waals surface area contributed by atoms with Crippen molar-refractivity contribution in [1.29, 1.82) is 0 Å². The number of amides is 1. The standard InChI is InChI=1S/C21H23NO4/c1-2-25-19-11-9-18(10-12-19)22-20(23)14-26-21(24)17-8-7-15-5-3-4-6-16(15)13-17/h7-13H,2-6,14H2,1H3,(H,22,23). The van der Waals surface area contributed by atoms with Gasteiger partial charge in [-0.05, 0) is 80.1 Å². The van der Waals surface area contributed by atoms with Crippen LogP contribution in [0, 0.1) is 0 Å². The lowest BCUT2D eigenvalue weighted by Crippen LogP contribution is -2.21. The zero-order valence-electron chi connectivity index (χ0n) is 14.9. The molecule has 1 amide bonds. The van der Waals surface area contributed by atoms with E-state index in [9.17, 15) is 9.59 Å². The highest BCUT2D eigenvalue weighted by Crippen LogP contribution is 2.22. The van der Waals surface area contributed by atoms with E-state index in [0.29, 0.717) is 17.9 Å². The van der Waals surface area contributed by atoms with Crippen molar-refractivity contribution in [3.63, 3.8) is 0 Å². The molecule has 0 radical (unpaired) electrons. The van der Waals surface area contributed by atoms with E-state index in [-0.39, 0.29) is 12.5 Å². The van der Waals surface area contributed by atoms with Crippen LogP contribution < -0.4 is 10.1 Å². The van der Waals surface area contributed by atoms with Crippen LogP contribution >= 0.6 is 0 Å². The van der Waals surface area contributed by atoms with Crippen molar-refractivity contribution in [3.8, 4) is 5.75 Å². The van der Waals surface area contributed by atoms with Gasteiger partial charge in [-0.1, -0.05) is 6.07 Å². The SMILES string of the molecule is CCOc1ccc(NC(=O)COC(=O)c2ccc3c(c2)CCCC3)cc1. The normalized spacial score (nSPS) is 12.8. The first kappa shape index (κ1) is 18.0. The molecule has 0 atom stereocenters. The third kappa shape index (κ3) is 4.63. The molecule has 0 aliphatic heterocycles. The van der Waals surface area contributed by atoms with Crippen molar-refractivity contribution < 1.29 is 19.1 Å². The molecule has 1 aliphatic rings. The minimum absolute atomic E-state index is 0.316. The molecule has 0 saturated heterocycles. The van der Waals surface area contributed by atoms with Crippen LogP contribution in [-0.4, -0.2) is 25.1 Å². The third-order valence-corrected chi connectivity index (χ3v) is 4.37. The van der Waals surface area contributed by atoms with Gasteiger partial charge in [-0.3, -0.25) is 4.79 Å². The Morgan fingerprint density at radius 3 is 2.46 bits per heavy atom. The Kier molecular flexibility index (Phi) is 5.89. The molecule has 0 bridgehead atoms. The van der Waals surface area contributed by atoms with Gasteiger partial charge >= 0.3 is 5.97 Å². The Morgan fingerprint density at radius 1 is 1.00 bits per heavy atom. The number of fused-ring (bicyclic) bond motifs is 1. The summed E-state index contributed by atoms with van der Waals surface area (Å²) < 4.78 is 10.5. The van der Waals surface area contributed by atoms with Crippen molar-refractivity contribution in [2.75, 3.05) is 18.5 Å². The number of benzene rings is 2. The van der Waals surface area contributed by atoms with Crippen LogP contribution in [0.1, 0.15) is 41.3 Å². The van der Waals surface area contributed by atoms with Crippen molar-refractivity contribution >= 4 is 17.6 Å². The molecule has 1 aliphatic carbocycles. The molecule has 0 spiro atoms. The highest BCUT2D eigenvalue weighted by atomic mass is 16.5. The maximum Gasteiger partial charge on any atom is 0.338 e. The Balaban J connectivity index is 1.51. The summed E-state index contributed by atoms with van der Waals surface area (Å²) in [6, 6.07) is 12.7. The van der Waals surface area contributed by atoms with Gasteiger partial charge in [0.15, 0.2) is 6.61 Å². The van der Waals surface area contributed by atoms with Crippen LogP contribution in [0.25, 0.3) is 0 Å². The van der Waals surface area contributed by atoms with Crippen LogP contribution in [0.2, 0.25) is 0 Å². The van der Waals surface area contributed by atoms with Gasteiger partial charge in [-0.2, -0.15) is 0 Å². The molecular formula is C21H23NO4. The van der Waals surface area contributed by atoms with Gasteiger partial charge in [-0.15, -0.1) is 0 Å². The summed E-state index contributed by atoms with van der Waals surface area (Å²) in [5, 5.41) is 2.70. The highest BCUT2D eigenvalue weighted by molar-refractivity contribution is 5.95. The number of hydrogen-bond acceptors (Lipinski definition) is 4. The molecular weight excluding hydrogens is 330 g/mol. The van der Waals surface area contributed by atoms with E-state index in [0.717, 1.165) is 25.0 Å². The second-order valence-corrected chi connectivity index (χ2v) is 6.27. The molecule has 5 nitrogen and oxygen atoms in total. The summed E-state index contributed by atoms with van der Waals surface area (Å²) in [5.74, 6) is -0.106. The van der Waals surface area contributed by atoms with Crippen LogP contribution in [-0.2, 0) is 22.4 Å². The molecule has 2 aromatic carbocycles. The molecule has 3 rings (SSSR count). The number of aryl methyl sites for hydroxylation is 2. The topological polar surface area (TPSA) is 64.6 Å². The van der Waals surface area contributed by atoms with E-state index in [1.807, 2.05) is 19.1 Å². The second-order valence-electron chi connectivity index (χ2n) is 6.27. The number of anilines is 1. The van der Waals surface area contributed by atoms with Crippen LogP contribution in [0.4, 0.5) is 5.69 Å². The first-order valence-corrected chi connectivity index (χ1v) is 8.97. The molecule has 2 aromatic rings. The maximum atomic E-state index is 12.2. The maximum absolute atomic E-state index is 12.2. The van der Waals surface area contributed by atoms with Gasteiger partial charge in [-0.25, -0.2) is 4.79 Å². The van der Waals surface area contributed by atoms with Crippen molar-refractivity contribution in [1.82, 2.24) is 0 Å². The lowest BCUT2D eigenvalue weighted by molar-refractivity contribution is -0.119. The minimum Gasteiger partial charge on any atom is -0.494 e. The number of carbonyl (C=O) groups excluding carboxylic acids is 2. The lowest BCUT2D eigenvalue weighted by Gasteiger charge is -2.16. The number of rotatable bonds is 6. The Morgan fingerprint density at radius 2 is 1.73 bits per heavy atom. The van der Waals surface area contributed by atoms with E-state index in [4.69, 9.17) is 9.47 Å². The van der Waals surface area contributed by atoms with E-state index in [1.165, 1.54) is 17.5 Å². The van der Waals surface area contributed by atoms with E-state index < -0.39 is 5.97 Å². The summed E-state index contributed by atoms with van der Waals surface area (Å²) in [4.78, 5) is 24.2. The lowest BCUT2D eigenvalue weighted by atomic mass is 9.90. The van der Waals surface area contributed by atoms with Crippen molar-refractivity contribution in [2.24, 2.45) is 0 Å². The van der Waals surface area contributed by atoms with Crippen molar-refractivity contribution in [2.45, 2.75) is 32.6 Å². The molecule has 0 saturated carbocycles. The molecule has 5 heteroatoms. The fraction of sp³-hybridized carbons (Fsp3) is 0.333. The van der Waals surface area contributed by atoms with Gasteiger partial charge in [0, 0.05) is 5.69 Å². The molecule has 0 fully saturated rings. The molecule has 0 aromatic heterocycles. The molecule has 26 heavy (non-hydrogen) atoms. The molecule has 0 unspecified atom stereocenters. The Hall–Kier alpha value is -2.82. The quantitative estimate of drug-likeness (QED) is 0.803. The van der Waals surface area contributed by atoms with Crippen LogP contribution in [0.3, 0.4) is 0 Å². The monoisotopic (exact) mass is 353 g/mol. The van der Waals surface area contributed by atoms with Gasteiger partial charge < -0.3 is 14.8 Å². The van der Waals surface area contributed by atoms with Gasteiger partial charge in [0.05, 0.1) is 12.2 Å². The summed E-state index contributed by atoms with van der Waals surface area (Å²) in [7, 11) is 0. The summed E-state index contributed by atoms with van der Waals surface area (Å²) in [6.45, 7) is 2.18. The number of ether oxygens (including phenoxy) is 2. The fourth-order valence-corrected chi connectivity index (χ4v) is 3.07. The first-order chi connectivity index (χ1) is 12.7. The number of carbonyl (C=O) groups is 2. The zero-order valence-corrected chi connectivity index (χ0v) is 14.9. The highest BCUT2D eigenvalue weighted by Gasteiger charge is 2.15. The molecule has 1 N–H and O–H groups in total. The molecule has 0 heterocycles. The van der Waals surface area contributed by atoms with Crippen molar-refractivity contribution in [3.05, 3.63) is 59.2 Å². The minimum atomic E-state index is -0.472. The van der Waals surface area contributed by atoms with Crippen LogP contribution in [0.15, 0.2) is 42.5 Å². The average Bonchev–Trinajstić information content (AvgIpc) is 2.67. The zero-order chi connectivity index (χ0) is 18.4. The Labute approximate surface area is 153 Å². The van der Waals surface area contributed by atoms with Gasteiger partial charge in [0.1, 0.15) is 5.75 Å². The largest absolute Gasteiger partial charge is 0.494 e. The number of esters is 1. The smallest absolute Gasteiger partial charge is 0.338 e. The predicted molar refractivity (Wildman–Crippen MR) is 99.6 cm³/mol. The third-order valence-electron chi connectivity index (χ3n) is 4.37. The predicted octanol–water partition coefficient (Wildman–Crippen LogP) is 3.76. The van der Waals surface area contributed by atoms with Gasteiger partial charge in [0.25, 0.3) is 5.91 Å². The Bertz CT molecular complexity index is 783. The number of nitrogens with one attached hydrogen (secondary N) is 1. The first-order valence-electron chi connectivity index (χ1n) is 8.97. The fourth-order valence-electron chi connectivity index (χ4n) is 3.07. The average molecular weight is 353 g/mol. The summed E-state index contributed by atoms with van der Waals surface area (Å²) in [5.41, 5.74) is 3.65. The van der Waals surface area contributed by atoms with E-state index >= 15 is 0 Å². The van der Waals surface area contributed by atoms with E-state index in [1.54, 1.807) is 30.3 Å². The van der Waals surface area contributed by atoms with Crippen LogP contribution in [0.5, 0.6) is 5.75 Å². The van der Waals surface area contributed by atoms with E-state index in [2.05, 4.69) is 5.32 Å². The van der Waals surface area contributed by atoms with Gasteiger partial charge in [0.2, 0.25) is 0 Å². The summed E-state index contributed by atoms with van der Waals surface area (Å²) in [6.07, 6.45) is 4.41. The second kappa shape index (κ2) is 8.52. The molecule has 136 valence electrons. The number of hydrogen-bond donors (Lipinski definition) is 1.